The van der Waals surface area contributed by atoms with Crippen LogP contribution >= 0.6 is 23.2 Å². The van der Waals surface area contributed by atoms with Gasteiger partial charge in [-0.2, -0.15) is 0 Å². The van der Waals surface area contributed by atoms with Gasteiger partial charge in [-0.1, -0.05) is 29.3 Å². The monoisotopic (exact) mass is 511 g/mol. The van der Waals surface area contributed by atoms with Crippen LogP contribution in [0.1, 0.15) is 33.3 Å². The number of rotatable bonds is 9. The fraction of sp³-hybridized carbons (Fsp3) is 0.391. The minimum atomic E-state index is -0.823. The van der Waals surface area contributed by atoms with E-state index in [1.807, 2.05) is 20.8 Å². The van der Waals surface area contributed by atoms with E-state index in [1.54, 1.807) is 25.1 Å². The number of ether oxygens (including phenoxy) is 2. The van der Waals surface area contributed by atoms with E-state index in [2.05, 4.69) is 5.32 Å². The van der Waals surface area contributed by atoms with Gasteiger partial charge in [0.15, 0.2) is 6.61 Å². The van der Waals surface area contributed by atoms with E-state index in [0.717, 1.165) is 0 Å². The van der Waals surface area contributed by atoms with Crippen LogP contribution in [-0.2, 0) is 16.1 Å². The normalized spacial score (nSPS) is 12.0. The molecule has 1 atom stereocenters. The standard InChI is InChI=1S/C23H27Cl2N3O6/c1-14(22(30)26-23(2,3)4)27(12-15-6-8-17(24)18(25)10-15)21(29)13-34-16-7-9-19(28(31)32)20(11-16)33-5/h6-11,14H,12-13H2,1-5H3,(H,26,30)/t14-/m0/s1. The molecule has 11 heteroatoms. The number of methoxy groups -OCH3 is 1. The Bertz CT molecular complexity index is 1070. The van der Waals surface area contributed by atoms with Crippen LogP contribution in [0.2, 0.25) is 10.0 Å². The molecule has 34 heavy (non-hydrogen) atoms. The molecule has 2 rings (SSSR count). The minimum Gasteiger partial charge on any atom is -0.490 e. The Morgan fingerprint density at radius 1 is 1.15 bits per heavy atom. The van der Waals surface area contributed by atoms with Crippen molar-refractivity contribution in [3.8, 4) is 11.5 Å². The van der Waals surface area contributed by atoms with Crippen LogP contribution in [-0.4, -0.2) is 46.9 Å². The molecule has 2 amide bonds. The molecule has 2 aromatic carbocycles. The molecule has 0 saturated carbocycles. The fourth-order valence-electron chi connectivity index (χ4n) is 3.02. The highest BCUT2D eigenvalue weighted by atomic mass is 35.5. The van der Waals surface area contributed by atoms with Crippen molar-refractivity contribution in [3.63, 3.8) is 0 Å². The highest BCUT2D eigenvalue weighted by molar-refractivity contribution is 6.42. The Balaban J connectivity index is 2.24. The Hall–Kier alpha value is -3.04. The number of hydrogen-bond acceptors (Lipinski definition) is 6. The number of benzene rings is 2. The van der Waals surface area contributed by atoms with E-state index in [-0.39, 0.29) is 29.6 Å². The lowest BCUT2D eigenvalue weighted by atomic mass is 10.1. The molecule has 184 valence electrons. The van der Waals surface area contributed by atoms with Crippen LogP contribution < -0.4 is 14.8 Å². The van der Waals surface area contributed by atoms with Gasteiger partial charge in [-0.25, -0.2) is 0 Å². The summed E-state index contributed by atoms with van der Waals surface area (Å²) in [5.41, 5.74) is -0.0415. The van der Waals surface area contributed by atoms with Gasteiger partial charge >= 0.3 is 5.69 Å². The predicted molar refractivity (Wildman–Crippen MR) is 130 cm³/mol. The largest absolute Gasteiger partial charge is 0.490 e. The van der Waals surface area contributed by atoms with Gasteiger partial charge in [0.25, 0.3) is 5.91 Å². The molecule has 0 aliphatic heterocycles. The first-order valence-corrected chi connectivity index (χ1v) is 11.1. The third-order valence-corrected chi connectivity index (χ3v) is 5.45. The number of hydrogen-bond donors (Lipinski definition) is 1. The summed E-state index contributed by atoms with van der Waals surface area (Å²) in [6, 6.07) is 8.05. The Kier molecular flexibility index (Phi) is 9.12. The molecule has 0 fully saturated rings. The summed E-state index contributed by atoms with van der Waals surface area (Å²) in [7, 11) is 1.30. The topological polar surface area (TPSA) is 111 Å². The average Bonchev–Trinajstić information content (AvgIpc) is 2.76. The second kappa shape index (κ2) is 11.4. The third kappa shape index (κ3) is 7.50. The van der Waals surface area contributed by atoms with Gasteiger partial charge < -0.3 is 19.7 Å². The molecular weight excluding hydrogens is 485 g/mol. The maximum absolute atomic E-state index is 13.1. The molecule has 0 saturated heterocycles. The van der Waals surface area contributed by atoms with Gasteiger partial charge in [0.05, 0.1) is 22.1 Å². The van der Waals surface area contributed by atoms with Crippen molar-refractivity contribution in [1.82, 2.24) is 10.2 Å². The molecule has 0 aliphatic rings. The van der Waals surface area contributed by atoms with Crippen LogP contribution in [0, 0.1) is 10.1 Å². The van der Waals surface area contributed by atoms with E-state index >= 15 is 0 Å². The summed E-state index contributed by atoms with van der Waals surface area (Å²) in [6.07, 6.45) is 0. The number of nitrogens with one attached hydrogen (secondary N) is 1. The third-order valence-electron chi connectivity index (χ3n) is 4.71. The molecule has 0 radical (unpaired) electrons. The van der Waals surface area contributed by atoms with Gasteiger partial charge in [0, 0.05) is 24.2 Å². The lowest BCUT2D eigenvalue weighted by Gasteiger charge is -2.31. The second-order valence-electron chi connectivity index (χ2n) is 8.56. The number of amides is 2. The van der Waals surface area contributed by atoms with E-state index in [0.29, 0.717) is 15.6 Å². The van der Waals surface area contributed by atoms with Crippen molar-refractivity contribution in [2.45, 2.75) is 45.8 Å². The van der Waals surface area contributed by atoms with Gasteiger partial charge in [-0.3, -0.25) is 19.7 Å². The van der Waals surface area contributed by atoms with Crippen LogP contribution in [0.15, 0.2) is 36.4 Å². The smallest absolute Gasteiger partial charge is 0.311 e. The van der Waals surface area contributed by atoms with Crippen LogP contribution in [0.5, 0.6) is 11.5 Å². The summed E-state index contributed by atoms with van der Waals surface area (Å²) < 4.78 is 10.6. The van der Waals surface area contributed by atoms with Crippen molar-refractivity contribution in [2.75, 3.05) is 13.7 Å². The van der Waals surface area contributed by atoms with Crippen molar-refractivity contribution >= 4 is 40.7 Å². The SMILES string of the molecule is COc1cc(OCC(=O)N(Cc2ccc(Cl)c(Cl)c2)[C@@H](C)C(=O)NC(C)(C)C)ccc1[N+](=O)[O-]. The second-order valence-corrected chi connectivity index (χ2v) is 9.38. The first-order chi connectivity index (χ1) is 15.8. The minimum absolute atomic E-state index is 0.000495. The zero-order valence-electron chi connectivity index (χ0n) is 19.6. The molecule has 0 unspecified atom stereocenters. The lowest BCUT2D eigenvalue weighted by Crippen LogP contribution is -2.53. The van der Waals surface area contributed by atoms with E-state index in [9.17, 15) is 19.7 Å². The predicted octanol–water partition coefficient (Wildman–Crippen LogP) is 4.62. The number of carbonyl (C=O) groups excluding carboxylic acids is 2. The summed E-state index contributed by atoms with van der Waals surface area (Å²) in [5.74, 6) is -0.601. The Morgan fingerprint density at radius 2 is 1.82 bits per heavy atom. The highest BCUT2D eigenvalue weighted by Gasteiger charge is 2.29. The number of nitrogens with zero attached hydrogens (tertiary/aromatic N) is 2. The quantitative estimate of drug-likeness (QED) is 0.388. The molecule has 0 heterocycles. The fourth-order valence-corrected chi connectivity index (χ4v) is 3.34. The number of nitro benzene ring substituents is 1. The van der Waals surface area contributed by atoms with Gasteiger partial charge in [-0.15, -0.1) is 0 Å². The molecule has 1 N–H and O–H groups in total. The molecule has 2 aromatic rings. The van der Waals surface area contributed by atoms with Crippen molar-refractivity contribution in [3.05, 3.63) is 62.1 Å². The van der Waals surface area contributed by atoms with Crippen molar-refractivity contribution < 1.29 is 24.0 Å². The maximum atomic E-state index is 13.1. The van der Waals surface area contributed by atoms with Crippen molar-refractivity contribution in [2.24, 2.45) is 0 Å². The average molecular weight is 512 g/mol. The Labute approximate surface area is 208 Å². The molecule has 0 aliphatic carbocycles. The summed E-state index contributed by atoms with van der Waals surface area (Å²) >= 11 is 12.1. The molecule has 9 nitrogen and oxygen atoms in total. The molecule has 0 aromatic heterocycles. The summed E-state index contributed by atoms with van der Waals surface area (Å²) in [5, 5.41) is 14.6. The molecule has 0 spiro atoms. The van der Waals surface area contributed by atoms with Crippen LogP contribution in [0.3, 0.4) is 0 Å². The van der Waals surface area contributed by atoms with Gasteiger partial charge in [-0.05, 0) is 51.5 Å². The highest BCUT2D eigenvalue weighted by Crippen LogP contribution is 2.31. The summed E-state index contributed by atoms with van der Waals surface area (Å²) in [6.45, 7) is 6.82. The van der Waals surface area contributed by atoms with E-state index in [4.69, 9.17) is 32.7 Å². The van der Waals surface area contributed by atoms with Crippen LogP contribution in [0.25, 0.3) is 0 Å². The lowest BCUT2D eigenvalue weighted by molar-refractivity contribution is -0.385. The van der Waals surface area contributed by atoms with Crippen LogP contribution in [0.4, 0.5) is 5.69 Å². The number of carbonyl (C=O) groups is 2. The van der Waals surface area contributed by atoms with Gasteiger partial charge in [0.1, 0.15) is 11.8 Å². The molecular formula is C23H27Cl2N3O6. The zero-order valence-corrected chi connectivity index (χ0v) is 21.1. The van der Waals surface area contributed by atoms with Crippen molar-refractivity contribution in [1.29, 1.82) is 0 Å². The van der Waals surface area contributed by atoms with Gasteiger partial charge in [0.2, 0.25) is 11.7 Å². The van der Waals surface area contributed by atoms with E-state index < -0.39 is 29.0 Å². The first-order valence-electron chi connectivity index (χ1n) is 10.3. The first kappa shape index (κ1) is 27.2. The zero-order chi connectivity index (χ0) is 25.6. The number of nitro groups is 1. The Morgan fingerprint density at radius 3 is 2.38 bits per heavy atom. The number of halogens is 2. The van der Waals surface area contributed by atoms with E-state index in [1.165, 1.54) is 30.2 Å². The summed E-state index contributed by atoms with van der Waals surface area (Å²) in [4.78, 5) is 37.8. The molecule has 0 bridgehead atoms. The maximum Gasteiger partial charge on any atom is 0.311 e.